The van der Waals surface area contributed by atoms with Crippen molar-refractivity contribution in [2.24, 2.45) is 29.6 Å². The Morgan fingerprint density at radius 1 is 1.40 bits per heavy atom. The SMILES string of the molecule is CC(C)[C@H]1CC(=O)[C@H]2[C@H](CC=C[C@H]2C)C1. The molecule has 15 heavy (non-hydrogen) atoms. The van der Waals surface area contributed by atoms with Gasteiger partial charge in [-0.25, -0.2) is 0 Å². The fraction of sp³-hybridized carbons (Fsp3) is 0.786. The van der Waals surface area contributed by atoms with Gasteiger partial charge in [-0.2, -0.15) is 0 Å². The highest BCUT2D eigenvalue weighted by atomic mass is 16.1. The zero-order valence-electron chi connectivity index (χ0n) is 10.1. The van der Waals surface area contributed by atoms with Crippen molar-refractivity contribution >= 4 is 5.78 Å². The van der Waals surface area contributed by atoms with Crippen LogP contribution >= 0.6 is 0 Å². The van der Waals surface area contributed by atoms with Gasteiger partial charge >= 0.3 is 0 Å². The van der Waals surface area contributed by atoms with Crippen LogP contribution < -0.4 is 0 Å². The molecule has 0 aliphatic heterocycles. The lowest BCUT2D eigenvalue weighted by atomic mass is 9.63. The topological polar surface area (TPSA) is 17.1 Å². The van der Waals surface area contributed by atoms with Crippen LogP contribution in [0.3, 0.4) is 0 Å². The van der Waals surface area contributed by atoms with Gasteiger partial charge in [0, 0.05) is 12.3 Å². The predicted octanol–water partition coefficient (Wildman–Crippen LogP) is 3.45. The van der Waals surface area contributed by atoms with Gasteiger partial charge in [0.1, 0.15) is 5.78 Å². The number of ketones is 1. The summed E-state index contributed by atoms with van der Waals surface area (Å²) in [6.45, 7) is 6.70. The molecule has 0 radical (unpaired) electrons. The summed E-state index contributed by atoms with van der Waals surface area (Å²) in [7, 11) is 0. The Kier molecular flexibility index (Phi) is 2.99. The zero-order valence-corrected chi connectivity index (χ0v) is 10.1. The summed E-state index contributed by atoms with van der Waals surface area (Å²) in [6, 6.07) is 0. The van der Waals surface area contributed by atoms with E-state index in [0.717, 1.165) is 12.8 Å². The number of Topliss-reactive ketones (excluding diaryl/α,β-unsaturated/α-hetero) is 1. The first-order valence-corrected chi connectivity index (χ1v) is 6.29. The fourth-order valence-corrected chi connectivity index (χ4v) is 3.34. The molecule has 0 spiro atoms. The van der Waals surface area contributed by atoms with E-state index in [1.807, 2.05) is 0 Å². The molecule has 1 fully saturated rings. The van der Waals surface area contributed by atoms with E-state index < -0.39 is 0 Å². The van der Waals surface area contributed by atoms with Crippen LogP contribution in [0.2, 0.25) is 0 Å². The third-order valence-corrected chi connectivity index (χ3v) is 4.34. The number of carbonyl (C=O) groups is 1. The van der Waals surface area contributed by atoms with Gasteiger partial charge in [-0.3, -0.25) is 4.79 Å². The van der Waals surface area contributed by atoms with Crippen molar-refractivity contribution in [3.8, 4) is 0 Å². The Hall–Kier alpha value is -0.590. The largest absolute Gasteiger partial charge is 0.299 e. The lowest BCUT2D eigenvalue weighted by molar-refractivity contribution is -0.130. The third-order valence-electron chi connectivity index (χ3n) is 4.34. The Balaban J connectivity index is 2.14. The number of hydrogen-bond acceptors (Lipinski definition) is 1. The molecule has 84 valence electrons. The minimum absolute atomic E-state index is 0.338. The second kappa shape index (κ2) is 4.11. The molecular weight excluding hydrogens is 184 g/mol. The molecule has 0 heterocycles. The molecule has 0 aromatic carbocycles. The number of hydrogen-bond donors (Lipinski definition) is 0. The lowest BCUT2D eigenvalue weighted by Crippen LogP contribution is -2.39. The van der Waals surface area contributed by atoms with Crippen LogP contribution in [-0.4, -0.2) is 5.78 Å². The van der Waals surface area contributed by atoms with E-state index in [9.17, 15) is 4.79 Å². The van der Waals surface area contributed by atoms with Crippen molar-refractivity contribution in [3.05, 3.63) is 12.2 Å². The molecule has 0 unspecified atom stereocenters. The first-order chi connectivity index (χ1) is 7.09. The van der Waals surface area contributed by atoms with Crippen molar-refractivity contribution < 1.29 is 4.79 Å². The molecule has 2 aliphatic rings. The van der Waals surface area contributed by atoms with Gasteiger partial charge in [-0.15, -0.1) is 0 Å². The van der Waals surface area contributed by atoms with Crippen LogP contribution in [0, 0.1) is 29.6 Å². The molecular formula is C14H22O. The first kappa shape index (κ1) is 10.9. The first-order valence-electron chi connectivity index (χ1n) is 6.29. The van der Waals surface area contributed by atoms with Gasteiger partial charge in [0.15, 0.2) is 0 Å². The van der Waals surface area contributed by atoms with Crippen LogP contribution in [-0.2, 0) is 4.79 Å². The molecule has 0 amide bonds. The van der Waals surface area contributed by atoms with E-state index in [0.29, 0.717) is 35.4 Å². The smallest absolute Gasteiger partial charge is 0.137 e. The molecule has 2 aliphatic carbocycles. The van der Waals surface area contributed by atoms with E-state index in [-0.39, 0.29) is 0 Å². The molecule has 1 saturated carbocycles. The van der Waals surface area contributed by atoms with Crippen LogP contribution in [0.4, 0.5) is 0 Å². The van der Waals surface area contributed by atoms with Crippen LogP contribution in [0.25, 0.3) is 0 Å². The summed E-state index contributed by atoms with van der Waals surface area (Å²) < 4.78 is 0. The van der Waals surface area contributed by atoms with Crippen LogP contribution in [0.15, 0.2) is 12.2 Å². The highest BCUT2D eigenvalue weighted by molar-refractivity contribution is 5.83. The molecule has 0 aromatic heterocycles. The lowest BCUT2D eigenvalue weighted by Gasteiger charge is -2.40. The van der Waals surface area contributed by atoms with E-state index in [1.54, 1.807) is 0 Å². The minimum Gasteiger partial charge on any atom is -0.299 e. The van der Waals surface area contributed by atoms with Crippen molar-refractivity contribution in [2.75, 3.05) is 0 Å². The van der Waals surface area contributed by atoms with Gasteiger partial charge in [0.05, 0.1) is 0 Å². The van der Waals surface area contributed by atoms with Gasteiger partial charge in [-0.1, -0.05) is 32.9 Å². The van der Waals surface area contributed by atoms with Crippen LogP contribution in [0.1, 0.15) is 40.0 Å². The van der Waals surface area contributed by atoms with Gasteiger partial charge in [0.2, 0.25) is 0 Å². The van der Waals surface area contributed by atoms with E-state index in [2.05, 4.69) is 32.9 Å². The van der Waals surface area contributed by atoms with Crippen molar-refractivity contribution in [2.45, 2.75) is 40.0 Å². The number of fused-ring (bicyclic) bond motifs is 1. The molecule has 1 nitrogen and oxygen atoms in total. The molecule has 1 heteroatoms. The minimum atomic E-state index is 0.338. The average molecular weight is 206 g/mol. The van der Waals surface area contributed by atoms with Gasteiger partial charge < -0.3 is 0 Å². The highest BCUT2D eigenvalue weighted by Gasteiger charge is 2.40. The van der Waals surface area contributed by atoms with Crippen molar-refractivity contribution in [1.82, 2.24) is 0 Å². The van der Waals surface area contributed by atoms with Gasteiger partial charge in [0.25, 0.3) is 0 Å². The fourth-order valence-electron chi connectivity index (χ4n) is 3.34. The normalized spacial score (nSPS) is 40.7. The second-order valence-corrected chi connectivity index (χ2v) is 5.72. The average Bonchev–Trinajstić information content (AvgIpc) is 2.17. The maximum Gasteiger partial charge on any atom is 0.137 e. The Labute approximate surface area is 92.9 Å². The van der Waals surface area contributed by atoms with Crippen molar-refractivity contribution in [1.29, 1.82) is 0 Å². The van der Waals surface area contributed by atoms with E-state index >= 15 is 0 Å². The Bertz CT molecular complexity index is 277. The van der Waals surface area contributed by atoms with E-state index in [1.165, 1.54) is 6.42 Å². The number of allylic oxidation sites excluding steroid dienone is 2. The summed E-state index contributed by atoms with van der Waals surface area (Å²) in [6.07, 6.45) is 7.74. The molecule has 0 saturated heterocycles. The van der Waals surface area contributed by atoms with Gasteiger partial charge in [-0.05, 0) is 36.5 Å². The summed E-state index contributed by atoms with van der Waals surface area (Å²) in [4.78, 5) is 12.1. The quantitative estimate of drug-likeness (QED) is 0.601. The summed E-state index contributed by atoms with van der Waals surface area (Å²) >= 11 is 0. The van der Waals surface area contributed by atoms with E-state index in [4.69, 9.17) is 0 Å². The molecule has 2 rings (SSSR count). The Morgan fingerprint density at radius 2 is 2.13 bits per heavy atom. The molecule has 0 aromatic rings. The Morgan fingerprint density at radius 3 is 2.80 bits per heavy atom. The number of carbonyl (C=O) groups excluding carboxylic acids is 1. The van der Waals surface area contributed by atoms with Crippen LogP contribution in [0.5, 0.6) is 0 Å². The zero-order chi connectivity index (χ0) is 11.0. The standard InChI is InChI=1S/C14H22O/c1-9(2)12-7-11-6-4-5-10(3)14(11)13(15)8-12/h4-5,9-12,14H,6-8H2,1-3H3/t10-,11-,12-,14-/m1/s1. The molecule has 4 atom stereocenters. The predicted molar refractivity (Wildman–Crippen MR) is 62.5 cm³/mol. The molecule has 0 bridgehead atoms. The maximum atomic E-state index is 12.1. The second-order valence-electron chi connectivity index (χ2n) is 5.72. The summed E-state index contributed by atoms with van der Waals surface area (Å²) in [5.41, 5.74) is 0. The maximum absolute atomic E-state index is 12.1. The summed E-state index contributed by atoms with van der Waals surface area (Å²) in [5.74, 6) is 3.28. The molecule has 0 N–H and O–H groups in total. The van der Waals surface area contributed by atoms with Crippen molar-refractivity contribution in [3.63, 3.8) is 0 Å². The highest BCUT2D eigenvalue weighted by Crippen LogP contribution is 2.42. The monoisotopic (exact) mass is 206 g/mol. The number of rotatable bonds is 1. The third kappa shape index (κ3) is 2.02. The summed E-state index contributed by atoms with van der Waals surface area (Å²) in [5, 5.41) is 0.